The summed E-state index contributed by atoms with van der Waals surface area (Å²) >= 11 is 0. The molecule has 6 heteroatoms. The number of aromatic nitrogens is 2. The number of nitrogens with one attached hydrogen (secondary N) is 1. The summed E-state index contributed by atoms with van der Waals surface area (Å²) in [4.78, 5) is 38.4. The number of fused-ring (bicyclic) bond motifs is 1. The Kier molecular flexibility index (Phi) is 6.18. The van der Waals surface area contributed by atoms with Gasteiger partial charge in [0.05, 0.1) is 11.3 Å². The smallest absolute Gasteiger partial charge is 0.255 e. The third-order valence-electron chi connectivity index (χ3n) is 8.52. The van der Waals surface area contributed by atoms with Crippen molar-refractivity contribution in [1.29, 1.82) is 0 Å². The number of hydrogen-bond donors (Lipinski definition) is 1. The second-order valence-corrected chi connectivity index (χ2v) is 10.6. The molecule has 1 aromatic heterocycles. The summed E-state index contributed by atoms with van der Waals surface area (Å²) in [6.45, 7) is 5.73. The van der Waals surface area contributed by atoms with Gasteiger partial charge in [-0.15, -0.1) is 0 Å². The SMILES string of the molecule is CC1CCC(N2CCc3nc(C4CCN(C(=O)C5CCCC5)CC4)[nH]c(=O)c3C2)CC1. The van der Waals surface area contributed by atoms with Crippen LogP contribution in [0.25, 0.3) is 0 Å². The van der Waals surface area contributed by atoms with Crippen LogP contribution < -0.4 is 5.56 Å². The lowest BCUT2D eigenvalue weighted by Crippen LogP contribution is -2.44. The Morgan fingerprint density at radius 1 is 0.968 bits per heavy atom. The Morgan fingerprint density at radius 2 is 1.68 bits per heavy atom. The molecule has 0 bridgehead atoms. The summed E-state index contributed by atoms with van der Waals surface area (Å²) < 4.78 is 0. The zero-order valence-corrected chi connectivity index (χ0v) is 19.1. The highest BCUT2D eigenvalue weighted by atomic mass is 16.2. The minimum atomic E-state index is 0.0679. The molecule has 1 N–H and O–H groups in total. The molecule has 3 fully saturated rings. The Labute approximate surface area is 185 Å². The molecule has 2 saturated carbocycles. The van der Waals surface area contributed by atoms with Crippen molar-refractivity contribution < 1.29 is 4.79 Å². The van der Waals surface area contributed by atoms with Crippen molar-refractivity contribution in [3.05, 3.63) is 27.4 Å². The fourth-order valence-corrected chi connectivity index (χ4v) is 6.38. The van der Waals surface area contributed by atoms with Gasteiger partial charge >= 0.3 is 0 Å². The molecule has 2 aliphatic heterocycles. The van der Waals surface area contributed by atoms with Crippen LogP contribution in [0.3, 0.4) is 0 Å². The van der Waals surface area contributed by atoms with E-state index in [0.717, 1.165) is 81.3 Å². The Hall–Kier alpha value is -1.69. The molecule has 0 unspecified atom stereocenters. The van der Waals surface area contributed by atoms with Gasteiger partial charge in [-0.05, 0) is 57.3 Å². The molecule has 0 atom stereocenters. The number of hydrogen-bond acceptors (Lipinski definition) is 4. The van der Waals surface area contributed by atoms with Crippen LogP contribution in [-0.2, 0) is 17.8 Å². The highest BCUT2D eigenvalue weighted by Gasteiger charge is 2.33. The van der Waals surface area contributed by atoms with Gasteiger partial charge in [0.15, 0.2) is 0 Å². The van der Waals surface area contributed by atoms with Crippen molar-refractivity contribution in [3.63, 3.8) is 0 Å². The average molecular weight is 427 g/mol. The van der Waals surface area contributed by atoms with E-state index in [1.54, 1.807) is 0 Å². The second kappa shape index (κ2) is 9.05. The van der Waals surface area contributed by atoms with Gasteiger partial charge in [-0.2, -0.15) is 0 Å². The maximum atomic E-state index is 13.0. The third-order valence-corrected chi connectivity index (χ3v) is 8.52. The van der Waals surface area contributed by atoms with E-state index in [4.69, 9.17) is 4.98 Å². The van der Waals surface area contributed by atoms with E-state index in [-0.39, 0.29) is 17.4 Å². The lowest BCUT2D eigenvalue weighted by molar-refractivity contribution is -0.136. The first kappa shape index (κ1) is 21.2. The van der Waals surface area contributed by atoms with Crippen LogP contribution in [0.5, 0.6) is 0 Å². The van der Waals surface area contributed by atoms with Gasteiger partial charge in [-0.25, -0.2) is 4.98 Å². The molecule has 0 spiro atoms. The molecule has 0 aromatic carbocycles. The molecule has 0 radical (unpaired) electrons. The third kappa shape index (κ3) is 4.46. The van der Waals surface area contributed by atoms with Gasteiger partial charge in [0.25, 0.3) is 5.56 Å². The Balaban J connectivity index is 1.22. The van der Waals surface area contributed by atoms with E-state index in [1.807, 2.05) is 0 Å². The maximum absolute atomic E-state index is 13.0. The molecular weight excluding hydrogens is 388 g/mol. The van der Waals surface area contributed by atoms with Crippen molar-refractivity contribution in [1.82, 2.24) is 19.8 Å². The van der Waals surface area contributed by atoms with Crippen LogP contribution >= 0.6 is 0 Å². The highest BCUT2D eigenvalue weighted by molar-refractivity contribution is 5.79. The molecule has 1 aromatic rings. The van der Waals surface area contributed by atoms with Crippen LogP contribution in [0.4, 0.5) is 0 Å². The van der Waals surface area contributed by atoms with Gasteiger partial charge in [-0.3, -0.25) is 14.5 Å². The van der Waals surface area contributed by atoms with Crippen molar-refractivity contribution in [2.75, 3.05) is 19.6 Å². The number of rotatable bonds is 3. The lowest BCUT2D eigenvalue weighted by atomic mass is 9.86. The highest BCUT2D eigenvalue weighted by Crippen LogP contribution is 2.32. The standard InChI is InChI=1S/C25H38N4O2/c1-17-6-8-20(9-7-17)29-15-12-22-21(16-29)24(30)27-23(26-22)18-10-13-28(14-11-18)25(31)19-4-2-3-5-19/h17-20H,2-16H2,1H3,(H,26,27,30). The van der Waals surface area contributed by atoms with Crippen molar-refractivity contribution >= 4 is 5.91 Å². The van der Waals surface area contributed by atoms with Crippen LogP contribution in [0, 0.1) is 11.8 Å². The van der Waals surface area contributed by atoms with Crippen molar-refractivity contribution in [3.8, 4) is 0 Å². The first-order valence-electron chi connectivity index (χ1n) is 12.7. The molecule has 2 aliphatic carbocycles. The van der Waals surface area contributed by atoms with Crippen molar-refractivity contribution in [2.45, 2.75) is 96.1 Å². The fraction of sp³-hybridized carbons (Fsp3) is 0.800. The number of amides is 1. The summed E-state index contributed by atoms with van der Waals surface area (Å²) in [5.74, 6) is 2.59. The molecule has 6 nitrogen and oxygen atoms in total. The predicted molar refractivity (Wildman–Crippen MR) is 121 cm³/mol. The number of H-pyrrole nitrogens is 1. The number of likely N-dealkylation sites (tertiary alicyclic amines) is 1. The number of aromatic amines is 1. The molecule has 4 aliphatic rings. The molecule has 3 heterocycles. The zero-order valence-electron chi connectivity index (χ0n) is 19.1. The van der Waals surface area contributed by atoms with Gasteiger partial charge in [0.2, 0.25) is 5.91 Å². The second-order valence-electron chi connectivity index (χ2n) is 10.6. The van der Waals surface area contributed by atoms with Gasteiger partial charge < -0.3 is 9.88 Å². The van der Waals surface area contributed by atoms with Gasteiger partial charge in [-0.1, -0.05) is 19.8 Å². The van der Waals surface area contributed by atoms with Crippen LogP contribution in [0.2, 0.25) is 0 Å². The van der Waals surface area contributed by atoms with E-state index in [9.17, 15) is 9.59 Å². The summed E-state index contributed by atoms with van der Waals surface area (Å²) in [7, 11) is 0. The van der Waals surface area contributed by atoms with E-state index >= 15 is 0 Å². The Morgan fingerprint density at radius 3 is 2.39 bits per heavy atom. The van der Waals surface area contributed by atoms with E-state index in [0.29, 0.717) is 11.9 Å². The molecular formula is C25H38N4O2. The van der Waals surface area contributed by atoms with E-state index in [1.165, 1.54) is 38.5 Å². The monoisotopic (exact) mass is 426 g/mol. The van der Waals surface area contributed by atoms with E-state index < -0.39 is 0 Å². The topological polar surface area (TPSA) is 69.3 Å². The normalized spacial score (nSPS) is 28.6. The average Bonchev–Trinajstić information content (AvgIpc) is 3.34. The summed E-state index contributed by atoms with van der Waals surface area (Å²) in [5.41, 5.74) is 1.98. The summed E-state index contributed by atoms with van der Waals surface area (Å²) in [6, 6.07) is 0.630. The summed E-state index contributed by atoms with van der Waals surface area (Å²) in [6.07, 6.45) is 12.4. The first-order chi connectivity index (χ1) is 15.1. The maximum Gasteiger partial charge on any atom is 0.255 e. The van der Waals surface area contributed by atoms with Crippen LogP contribution in [0.1, 0.15) is 94.1 Å². The largest absolute Gasteiger partial charge is 0.342 e. The fourth-order valence-electron chi connectivity index (χ4n) is 6.38. The minimum absolute atomic E-state index is 0.0679. The van der Waals surface area contributed by atoms with E-state index in [2.05, 4.69) is 21.7 Å². The molecule has 31 heavy (non-hydrogen) atoms. The quantitative estimate of drug-likeness (QED) is 0.802. The minimum Gasteiger partial charge on any atom is -0.342 e. The zero-order chi connectivity index (χ0) is 21.4. The molecule has 170 valence electrons. The number of carbonyl (C=O) groups is 1. The van der Waals surface area contributed by atoms with Crippen LogP contribution in [0.15, 0.2) is 4.79 Å². The Bertz CT molecular complexity index is 844. The number of piperidine rings is 1. The van der Waals surface area contributed by atoms with Crippen molar-refractivity contribution in [2.24, 2.45) is 11.8 Å². The number of nitrogens with zero attached hydrogens (tertiary/aromatic N) is 3. The predicted octanol–water partition coefficient (Wildman–Crippen LogP) is 3.60. The molecule has 1 amide bonds. The van der Waals surface area contributed by atoms with Crippen LogP contribution in [-0.4, -0.2) is 51.4 Å². The van der Waals surface area contributed by atoms with Gasteiger partial charge in [0, 0.05) is 50.5 Å². The lowest BCUT2D eigenvalue weighted by Gasteiger charge is -2.38. The number of carbonyl (C=O) groups excluding carboxylic acids is 1. The molecule has 5 rings (SSSR count). The summed E-state index contributed by atoms with van der Waals surface area (Å²) in [5, 5.41) is 0. The van der Waals surface area contributed by atoms with Gasteiger partial charge in [0.1, 0.15) is 5.82 Å². The first-order valence-corrected chi connectivity index (χ1v) is 12.7. The molecule has 1 saturated heterocycles.